The molecule has 4 aromatic rings. The summed E-state index contributed by atoms with van der Waals surface area (Å²) in [4.78, 5) is 17.2. The number of ether oxygens (including phenoxy) is 2. The Morgan fingerprint density at radius 1 is 1.14 bits per heavy atom. The van der Waals surface area contributed by atoms with Gasteiger partial charge in [0.1, 0.15) is 0 Å². The van der Waals surface area contributed by atoms with Gasteiger partial charge in [-0.15, -0.1) is 11.3 Å². The van der Waals surface area contributed by atoms with Crippen LogP contribution in [0.25, 0.3) is 11.3 Å². The third-order valence-corrected chi connectivity index (χ3v) is 6.69. The second kappa shape index (κ2) is 12.0. The Morgan fingerprint density at radius 2 is 1.89 bits per heavy atom. The summed E-state index contributed by atoms with van der Waals surface area (Å²) in [5.41, 5.74) is 6.39. The van der Waals surface area contributed by atoms with Crippen LogP contribution in [0.4, 0.5) is 10.8 Å². The number of hydrogen-bond donors (Lipinski definition) is 2. The molecule has 0 atom stereocenters. The van der Waals surface area contributed by atoms with Crippen molar-refractivity contribution in [2.45, 2.75) is 6.92 Å². The van der Waals surface area contributed by atoms with Gasteiger partial charge in [0.15, 0.2) is 16.6 Å². The largest absolute Gasteiger partial charge is 0.493 e. The molecule has 0 spiro atoms. The van der Waals surface area contributed by atoms with E-state index < -0.39 is 0 Å². The van der Waals surface area contributed by atoms with Gasteiger partial charge in [-0.05, 0) is 71.4 Å². The van der Waals surface area contributed by atoms with Crippen LogP contribution in [0, 0.1) is 0 Å². The Kier molecular flexibility index (Phi) is 8.58. The average Bonchev–Trinajstić information content (AvgIpc) is 3.35. The SMILES string of the molecule is CCOc1cc(Br)c(/C=N\NC(=O)c2ccc(-c3csc(Nc4ccc(Cl)cc4)n3)cc2)cc1OC. The smallest absolute Gasteiger partial charge is 0.271 e. The van der Waals surface area contributed by atoms with Gasteiger partial charge >= 0.3 is 0 Å². The number of halogens is 2. The number of nitrogens with zero attached hydrogens (tertiary/aromatic N) is 2. The molecule has 0 aliphatic carbocycles. The van der Waals surface area contributed by atoms with Gasteiger partial charge in [0, 0.05) is 37.3 Å². The number of nitrogens with one attached hydrogen (secondary N) is 2. The topological polar surface area (TPSA) is 84.8 Å². The molecule has 10 heteroatoms. The first-order valence-corrected chi connectivity index (χ1v) is 12.9. The minimum Gasteiger partial charge on any atom is -0.493 e. The van der Waals surface area contributed by atoms with E-state index in [0.717, 1.165) is 32.1 Å². The quantitative estimate of drug-likeness (QED) is 0.161. The molecule has 2 N–H and O–H groups in total. The Morgan fingerprint density at radius 3 is 2.58 bits per heavy atom. The number of amides is 1. The number of aromatic nitrogens is 1. The molecule has 0 radical (unpaired) electrons. The van der Waals surface area contributed by atoms with Crippen molar-refractivity contribution in [1.82, 2.24) is 10.4 Å². The first-order chi connectivity index (χ1) is 17.5. The Hall–Kier alpha value is -3.40. The van der Waals surface area contributed by atoms with Crippen LogP contribution < -0.4 is 20.2 Å². The highest BCUT2D eigenvalue weighted by Gasteiger charge is 2.10. The molecule has 0 bridgehead atoms. The molecule has 0 saturated carbocycles. The highest BCUT2D eigenvalue weighted by molar-refractivity contribution is 9.10. The van der Waals surface area contributed by atoms with Gasteiger partial charge in [0.05, 0.1) is 25.6 Å². The van der Waals surface area contributed by atoms with Gasteiger partial charge in [-0.2, -0.15) is 5.10 Å². The van der Waals surface area contributed by atoms with Gasteiger partial charge in [-0.3, -0.25) is 4.79 Å². The van der Waals surface area contributed by atoms with Crippen molar-refractivity contribution in [3.05, 3.63) is 86.7 Å². The Balaban J connectivity index is 1.38. The van der Waals surface area contributed by atoms with Crippen LogP contribution in [0.1, 0.15) is 22.8 Å². The maximum atomic E-state index is 12.5. The summed E-state index contributed by atoms with van der Waals surface area (Å²) in [6.45, 7) is 2.42. The number of carbonyl (C=O) groups is 1. The summed E-state index contributed by atoms with van der Waals surface area (Å²) in [6.07, 6.45) is 1.54. The average molecular weight is 586 g/mol. The van der Waals surface area contributed by atoms with Crippen LogP contribution in [0.3, 0.4) is 0 Å². The van der Waals surface area contributed by atoms with Crippen molar-refractivity contribution in [2.75, 3.05) is 19.0 Å². The molecule has 0 aliphatic heterocycles. The number of thiazole rings is 1. The zero-order valence-corrected chi connectivity index (χ0v) is 22.6. The van der Waals surface area contributed by atoms with Crippen LogP contribution >= 0.6 is 38.9 Å². The standard InChI is InChI=1S/C26H22BrClN4O3S/c1-3-35-24-13-21(27)18(12-23(24)34-2)14-29-32-25(33)17-6-4-16(5-7-17)22-15-36-26(31-22)30-20-10-8-19(28)9-11-20/h4-15H,3H2,1-2H3,(H,30,31)(H,32,33)/b29-14-. The van der Waals surface area contributed by atoms with E-state index in [1.807, 2.05) is 48.7 Å². The van der Waals surface area contributed by atoms with Crippen molar-refractivity contribution >= 4 is 61.8 Å². The van der Waals surface area contributed by atoms with E-state index in [9.17, 15) is 4.79 Å². The molecule has 0 fully saturated rings. The summed E-state index contributed by atoms with van der Waals surface area (Å²) in [5.74, 6) is 0.883. The van der Waals surface area contributed by atoms with Crippen molar-refractivity contribution in [3.63, 3.8) is 0 Å². The number of benzene rings is 3. The van der Waals surface area contributed by atoms with Crippen molar-refractivity contribution in [2.24, 2.45) is 5.10 Å². The lowest BCUT2D eigenvalue weighted by Gasteiger charge is -2.11. The minimum atomic E-state index is -0.324. The normalized spacial score (nSPS) is 10.9. The van der Waals surface area contributed by atoms with E-state index in [-0.39, 0.29) is 5.91 Å². The highest BCUT2D eigenvalue weighted by atomic mass is 79.9. The van der Waals surface area contributed by atoms with Gasteiger partial charge in [0.2, 0.25) is 0 Å². The predicted octanol–water partition coefficient (Wildman–Crippen LogP) is 7.14. The maximum Gasteiger partial charge on any atom is 0.271 e. The van der Waals surface area contributed by atoms with Crippen LogP contribution in [0.2, 0.25) is 5.02 Å². The number of rotatable bonds is 9. The van der Waals surface area contributed by atoms with Gasteiger partial charge in [0.25, 0.3) is 5.91 Å². The molecule has 0 saturated heterocycles. The number of anilines is 2. The van der Waals surface area contributed by atoms with Crippen LogP contribution in [-0.4, -0.2) is 30.8 Å². The molecule has 1 aromatic heterocycles. The fourth-order valence-electron chi connectivity index (χ4n) is 3.22. The molecule has 1 amide bonds. The zero-order valence-electron chi connectivity index (χ0n) is 19.4. The molecule has 1 heterocycles. The van der Waals surface area contributed by atoms with Crippen LogP contribution in [-0.2, 0) is 0 Å². The fourth-order valence-corrected chi connectivity index (χ4v) is 4.51. The fraction of sp³-hybridized carbons (Fsp3) is 0.115. The second-order valence-electron chi connectivity index (χ2n) is 7.40. The van der Waals surface area contributed by atoms with Crippen LogP contribution in [0.5, 0.6) is 11.5 Å². The number of methoxy groups -OCH3 is 1. The zero-order chi connectivity index (χ0) is 25.5. The molecule has 3 aromatic carbocycles. The monoisotopic (exact) mass is 584 g/mol. The third kappa shape index (κ3) is 6.42. The van der Waals surface area contributed by atoms with Gasteiger partial charge in [-0.1, -0.05) is 23.7 Å². The maximum absolute atomic E-state index is 12.5. The van der Waals surface area contributed by atoms with Crippen molar-refractivity contribution in [3.8, 4) is 22.8 Å². The highest BCUT2D eigenvalue weighted by Crippen LogP contribution is 2.33. The van der Waals surface area contributed by atoms with E-state index in [1.165, 1.54) is 11.3 Å². The van der Waals surface area contributed by atoms with E-state index in [1.54, 1.807) is 37.6 Å². The molecule has 184 valence electrons. The number of hydrazone groups is 1. The van der Waals surface area contributed by atoms with E-state index >= 15 is 0 Å². The summed E-state index contributed by atoms with van der Waals surface area (Å²) >= 11 is 10.9. The molecule has 0 unspecified atom stereocenters. The Labute approximate surface area is 226 Å². The van der Waals surface area contributed by atoms with Crippen molar-refractivity contribution in [1.29, 1.82) is 0 Å². The minimum absolute atomic E-state index is 0.324. The summed E-state index contributed by atoms with van der Waals surface area (Å²) in [6, 6.07) is 18.2. The molecular formula is C26H22BrClN4O3S. The van der Waals surface area contributed by atoms with E-state index in [2.05, 4.69) is 36.8 Å². The molecule has 36 heavy (non-hydrogen) atoms. The molecule has 7 nitrogen and oxygen atoms in total. The lowest BCUT2D eigenvalue weighted by Crippen LogP contribution is -2.17. The lowest BCUT2D eigenvalue weighted by atomic mass is 10.1. The second-order valence-corrected chi connectivity index (χ2v) is 9.55. The molecular weight excluding hydrogens is 564 g/mol. The van der Waals surface area contributed by atoms with Gasteiger partial charge in [-0.25, -0.2) is 10.4 Å². The predicted molar refractivity (Wildman–Crippen MR) is 149 cm³/mol. The molecule has 0 aliphatic rings. The Bertz CT molecular complexity index is 1380. The van der Waals surface area contributed by atoms with E-state index in [4.69, 9.17) is 21.1 Å². The number of carbonyl (C=O) groups excluding carboxylic acids is 1. The molecule has 4 rings (SSSR count). The summed E-state index contributed by atoms with van der Waals surface area (Å²) in [5, 5.41) is 10.7. The van der Waals surface area contributed by atoms with Gasteiger partial charge < -0.3 is 14.8 Å². The van der Waals surface area contributed by atoms with Crippen LogP contribution in [0.15, 0.2) is 75.6 Å². The third-order valence-electron chi connectivity index (χ3n) is 5.00. The summed E-state index contributed by atoms with van der Waals surface area (Å²) < 4.78 is 11.7. The summed E-state index contributed by atoms with van der Waals surface area (Å²) in [7, 11) is 1.57. The van der Waals surface area contributed by atoms with E-state index in [0.29, 0.717) is 28.7 Å². The number of hydrogen-bond acceptors (Lipinski definition) is 7. The lowest BCUT2D eigenvalue weighted by molar-refractivity contribution is 0.0955. The van der Waals surface area contributed by atoms with Crippen molar-refractivity contribution < 1.29 is 14.3 Å². The first kappa shape index (κ1) is 25.7. The first-order valence-electron chi connectivity index (χ1n) is 10.9.